The Morgan fingerprint density at radius 3 is 2.74 bits per heavy atom. The van der Waals surface area contributed by atoms with Crippen LogP contribution in [0.3, 0.4) is 0 Å². The number of nitrogens with zero attached hydrogens (tertiary/aromatic N) is 5. The molecule has 132 valence electrons. The first kappa shape index (κ1) is 16.3. The second kappa shape index (κ2) is 7.00. The Balaban J connectivity index is 1.64. The molecule has 0 fully saturated rings. The van der Waals surface area contributed by atoms with Gasteiger partial charge in [-0.15, -0.1) is 10.2 Å². The molecule has 0 unspecified atom stereocenters. The summed E-state index contributed by atoms with van der Waals surface area (Å²) in [6.07, 6.45) is 4.87. The number of hydrogen-bond acceptors (Lipinski definition) is 7. The Morgan fingerprint density at radius 2 is 1.96 bits per heavy atom. The van der Waals surface area contributed by atoms with E-state index in [2.05, 4.69) is 30.7 Å². The molecule has 0 radical (unpaired) electrons. The highest BCUT2D eigenvalue weighted by molar-refractivity contribution is 5.99. The highest BCUT2D eigenvalue weighted by Gasteiger charge is 2.12. The lowest BCUT2D eigenvalue weighted by molar-refractivity contribution is -0.384. The number of benzene rings is 2. The van der Waals surface area contributed by atoms with Crippen LogP contribution in [0.25, 0.3) is 22.3 Å². The van der Waals surface area contributed by atoms with E-state index < -0.39 is 4.92 Å². The van der Waals surface area contributed by atoms with Crippen molar-refractivity contribution in [3.05, 3.63) is 76.6 Å². The van der Waals surface area contributed by atoms with E-state index in [1.807, 2.05) is 24.3 Å². The third kappa shape index (κ3) is 3.33. The molecule has 0 bridgehead atoms. The number of H-pyrrole nitrogens is 1. The van der Waals surface area contributed by atoms with Gasteiger partial charge in [0.25, 0.3) is 5.69 Å². The van der Waals surface area contributed by atoms with E-state index in [-0.39, 0.29) is 5.69 Å². The molecule has 2 aromatic heterocycles. The molecule has 0 atom stereocenters. The average Bonchev–Trinajstić information content (AvgIpc) is 3.23. The van der Waals surface area contributed by atoms with E-state index >= 15 is 0 Å². The van der Waals surface area contributed by atoms with Crippen molar-refractivity contribution in [2.75, 3.05) is 5.43 Å². The number of nitro benzene ring substituents is 1. The fourth-order valence-electron chi connectivity index (χ4n) is 2.64. The van der Waals surface area contributed by atoms with Gasteiger partial charge in [0.2, 0.25) is 0 Å². The van der Waals surface area contributed by atoms with E-state index in [4.69, 9.17) is 0 Å². The molecule has 9 nitrogen and oxygen atoms in total. The molecule has 0 aliphatic heterocycles. The lowest BCUT2D eigenvalue weighted by Gasteiger charge is -2.07. The molecule has 2 heterocycles. The Bertz CT molecular complexity index is 1140. The highest BCUT2D eigenvalue weighted by atomic mass is 16.6. The van der Waals surface area contributed by atoms with Gasteiger partial charge in [0.1, 0.15) is 5.69 Å². The van der Waals surface area contributed by atoms with Gasteiger partial charge in [0, 0.05) is 40.9 Å². The van der Waals surface area contributed by atoms with Gasteiger partial charge >= 0.3 is 0 Å². The molecule has 0 spiro atoms. The molecular formula is C18H13N7O2. The van der Waals surface area contributed by atoms with E-state index in [0.29, 0.717) is 22.9 Å². The van der Waals surface area contributed by atoms with Crippen LogP contribution < -0.4 is 5.43 Å². The Morgan fingerprint density at radius 1 is 1.11 bits per heavy atom. The van der Waals surface area contributed by atoms with Crippen molar-refractivity contribution in [3.8, 4) is 11.5 Å². The quantitative estimate of drug-likeness (QED) is 0.320. The first-order valence-corrected chi connectivity index (χ1v) is 8.01. The normalized spacial score (nSPS) is 11.1. The number of imidazole rings is 1. The van der Waals surface area contributed by atoms with Gasteiger partial charge in [-0.25, -0.2) is 4.98 Å². The Kier molecular flexibility index (Phi) is 4.24. The predicted molar refractivity (Wildman–Crippen MR) is 101 cm³/mol. The molecule has 0 saturated carbocycles. The summed E-state index contributed by atoms with van der Waals surface area (Å²) in [4.78, 5) is 17.6. The minimum Gasteiger partial charge on any atom is -0.343 e. The van der Waals surface area contributed by atoms with Crippen LogP contribution in [-0.2, 0) is 0 Å². The monoisotopic (exact) mass is 359 g/mol. The number of aromatic amines is 1. The lowest BCUT2D eigenvalue weighted by atomic mass is 10.1. The summed E-state index contributed by atoms with van der Waals surface area (Å²) in [6.45, 7) is 0. The fourth-order valence-corrected chi connectivity index (χ4v) is 2.64. The van der Waals surface area contributed by atoms with Gasteiger partial charge in [-0.05, 0) is 0 Å². The van der Waals surface area contributed by atoms with Crippen LogP contribution in [-0.4, -0.2) is 31.3 Å². The van der Waals surface area contributed by atoms with Crippen LogP contribution in [0.5, 0.6) is 0 Å². The first-order chi connectivity index (χ1) is 13.2. The second-order valence-electron chi connectivity index (χ2n) is 5.60. The third-order valence-electron chi connectivity index (χ3n) is 3.87. The van der Waals surface area contributed by atoms with Crippen LogP contribution in [0.4, 0.5) is 11.5 Å². The zero-order valence-corrected chi connectivity index (χ0v) is 13.9. The van der Waals surface area contributed by atoms with Crippen molar-refractivity contribution in [2.45, 2.75) is 0 Å². The molecule has 0 aliphatic rings. The maximum atomic E-state index is 10.8. The van der Waals surface area contributed by atoms with Crippen molar-refractivity contribution in [3.63, 3.8) is 0 Å². The van der Waals surface area contributed by atoms with Crippen LogP contribution >= 0.6 is 0 Å². The van der Waals surface area contributed by atoms with E-state index in [0.717, 1.165) is 10.8 Å². The van der Waals surface area contributed by atoms with Gasteiger partial charge in [-0.3, -0.25) is 15.5 Å². The average molecular weight is 359 g/mol. The second-order valence-corrected chi connectivity index (χ2v) is 5.60. The number of aromatic nitrogens is 4. The number of rotatable bonds is 5. The zero-order valence-electron chi connectivity index (χ0n) is 13.9. The number of nitro groups is 1. The number of hydrazone groups is 1. The Hall–Kier alpha value is -4.14. The summed E-state index contributed by atoms with van der Waals surface area (Å²) in [5, 5.41) is 25.1. The van der Waals surface area contributed by atoms with Gasteiger partial charge in [0.05, 0.1) is 11.1 Å². The minimum absolute atomic E-state index is 0.00647. The van der Waals surface area contributed by atoms with Gasteiger partial charge in [-0.1, -0.05) is 36.4 Å². The summed E-state index contributed by atoms with van der Waals surface area (Å²) >= 11 is 0. The van der Waals surface area contributed by atoms with Gasteiger partial charge in [0.15, 0.2) is 11.6 Å². The molecule has 2 N–H and O–H groups in total. The van der Waals surface area contributed by atoms with Crippen molar-refractivity contribution >= 4 is 28.5 Å². The minimum atomic E-state index is -0.447. The van der Waals surface area contributed by atoms with E-state index in [1.165, 1.54) is 18.3 Å². The maximum Gasteiger partial charge on any atom is 0.270 e. The van der Waals surface area contributed by atoms with Crippen molar-refractivity contribution in [1.29, 1.82) is 0 Å². The first-order valence-electron chi connectivity index (χ1n) is 8.01. The topological polar surface area (TPSA) is 122 Å². The molecule has 0 amide bonds. The van der Waals surface area contributed by atoms with Crippen molar-refractivity contribution in [2.24, 2.45) is 5.10 Å². The molecule has 0 aliphatic carbocycles. The van der Waals surface area contributed by atoms with Crippen LogP contribution in [0.1, 0.15) is 5.56 Å². The Labute approximate surface area is 152 Å². The lowest BCUT2D eigenvalue weighted by Crippen LogP contribution is -1.99. The van der Waals surface area contributed by atoms with E-state index in [1.54, 1.807) is 24.5 Å². The number of fused-ring (bicyclic) bond motifs is 1. The maximum absolute atomic E-state index is 10.8. The number of non-ortho nitro benzene ring substituents is 1. The fraction of sp³-hybridized carbons (Fsp3) is 0. The number of hydrogen-bond donors (Lipinski definition) is 2. The molecule has 4 rings (SSSR count). The van der Waals surface area contributed by atoms with Crippen LogP contribution in [0.15, 0.2) is 66.0 Å². The molecule has 4 aromatic rings. The zero-order chi connectivity index (χ0) is 18.6. The predicted octanol–water partition coefficient (Wildman–Crippen LogP) is 3.37. The largest absolute Gasteiger partial charge is 0.343 e. The highest BCUT2D eigenvalue weighted by Crippen LogP contribution is 2.27. The SMILES string of the molecule is O=[N+]([O-])c1cccc(/C=N/Nc2nnc(-c3ncc[nH]3)c3ccccc23)c1. The van der Waals surface area contributed by atoms with Gasteiger partial charge < -0.3 is 4.98 Å². The summed E-state index contributed by atoms with van der Waals surface area (Å²) in [7, 11) is 0. The summed E-state index contributed by atoms with van der Waals surface area (Å²) in [5.74, 6) is 1.10. The molecular weight excluding hydrogens is 346 g/mol. The number of nitrogens with one attached hydrogen (secondary N) is 2. The van der Waals surface area contributed by atoms with E-state index in [9.17, 15) is 10.1 Å². The molecule has 27 heavy (non-hydrogen) atoms. The van der Waals surface area contributed by atoms with Crippen molar-refractivity contribution in [1.82, 2.24) is 20.2 Å². The van der Waals surface area contributed by atoms with Crippen LogP contribution in [0, 0.1) is 10.1 Å². The van der Waals surface area contributed by atoms with Crippen molar-refractivity contribution < 1.29 is 4.92 Å². The molecule has 9 heteroatoms. The third-order valence-corrected chi connectivity index (χ3v) is 3.87. The van der Waals surface area contributed by atoms with Crippen LogP contribution in [0.2, 0.25) is 0 Å². The molecule has 2 aromatic carbocycles. The smallest absolute Gasteiger partial charge is 0.270 e. The molecule has 0 saturated heterocycles. The summed E-state index contributed by atoms with van der Waals surface area (Å²) in [5.41, 5.74) is 4.10. The summed E-state index contributed by atoms with van der Waals surface area (Å²) in [6, 6.07) is 13.8. The number of anilines is 1. The standard InChI is InChI=1S/C18H13N7O2/c26-25(27)13-5-3-4-12(10-13)11-21-23-17-15-7-2-1-6-14(15)16(22-24-17)18-19-8-9-20-18/h1-11H,(H,19,20)(H,23,24)/b21-11+. The van der Waals surface area contributed by atoms with Gasteiger partial charge in [-0.2, -0.15) is 5.10 Å². The summed E-state index contributed by atoms with van der Waals surface area (Å²) < 4.78 is 0.